The Morgan fingerprint density at radius 1 is 1.73 bits per heavy atom. The van der Waals surface area contributed by atoms with E-state index >= 15 is 0 Å². The summed E-state index contributed by atoms with van der Waals surface area (Å²) in [6.45, 7) is 6.16. The molecule has 0 nitrogen and oxygen atoms in total. The molecule has 0 radical (unpaired) electrons. The highest BCUT2D eigenvalue weighted by Gasteiger charge is 2.32. The summed E-state index contributed by atoms with van der Waals surface area (Å²) in [6, 6.07) is 0. The summed E-state index contributed by atoms with van der Waals surface area (Å²) in [5, 5.41) is 0. The van der Waals surface area contributed by atoms with Gasteiger partial charge in [-0.2, -0.15) is 0 Å². The van der Waals surface area contributed by atoms with E-state index in [2.05, 4.69) is 29.4 Å². The second kappa shape index (κ2) is 3.75. The van der Waals surface area contributed by atoms with E-state index in [-0.39, 0.29) is 0 Å². The molecule has 0 saturated heterocycles. The van der Waals surface area contributed by atoms with Crippen molar-refractivity contribution in [2.24, 2.45) is 5.41 Å². The van der Waals surface area contributed by atoms with Crippen molar-refractivity contribution in [2.45, 2.75) is 43.9 Å². The number of hydrogen-bond acceptors (Lipinski definition) is 0. The molecule has 1 aliphatic carbocycles. The van der Waals surface area contributed by atoms with Crippen molar-refractivity contribution >= 4 is 15.9 Å². The number of alkyl halides is 1. The van der Waals surface area contributed by atoms with Gasteiger partial charge in [0.25, 0.3) is 0 Å². The molecular weight excluding hydrogens is 200 g/mol. The first kappa shape index (κ1) is 9.31. The Kier molecular flexibility index (Phi) is 3.17. The van der Waals surface area contributed by atoms with Crippen LogP contribution in [0.3, 0.4) is 0 Å². The van der Waals surface area contributed by atoms with E-state index in [1.165, 1.54) is 32.1 Å². The monoisotopic (exact) mass is 216 g/mol. The lowest BCUT2D eigenvalue weighted by atomic mass is 9.84. The Balaban J connectivity index is 2.35. The molecule has 2 atom stereocenters. The SMILES string of the molecule is C=CCCC1(C)CCC(Br)C1. The summed E-state index contributed by atoms with van der Waals surface area (Å²) in [7, 11) is 0. The van der Waals surface area contributed by atoms with Crippen molar-refractivity contribution in [1.82, 2.24) is 0 Å². The van der Waals surface area contributed by atoms with E-state index in [1.54, 1.807) is 0 Å². The molecule has 11 heavy (non-hydrogen) atoms. The summed E-state index contributed by atoms with van der Waals surface area (Å²) >= 11 is 3.68. The van der Waals surface area contributed by atoms with Crippen LogP contribution < -0.4 is 0 Å². The van der Waals surface area contributed by atoms with Crippen LogP contribution in [0.4, 0.5) is 0 Å². The average molecular weight is 217 g/mol. The van der Waals surface area contributed by atoms with Crippen LogP contribution in [0.25, 0.3) is 0 Å². The molecule has 1 heteroatoms. The zero-order chi connectivity index (χ0) is 8.32. The van der Waals surface area contributed by atoms with Gasteiger partial charge in [-0.05, 0) is 37.5 Å². The quantitative estimate of drug-likeness (QED) is 0.496. The lowest BCUT2D eigenvalue weighted by Crippen LogP contribution is -2.11. The van der Waals surface area contributed by atoms with Crippen LogP contribution in [0, 0.1) is 5.41 Å². The fourth-order valence-electron chi connectivity index (χ4n) is 1.92. The van der Waals surface area contributed by atoms with Gasteiger partial charge >= 0.3 is 0 Å². The van der Waals surface area contributed by atoms with Crippen LogP contribution >= 0.6 is 15.9 Å². The molecule has 0 aromatic heterocycles. The first-order chi connectivity index (χ1) is 5.16. The molecule has 0 bridgehead atoms. The second-order valence-electron chi connectivity index (χ2n) is 3.98. The van der Waals surface area contributed by atoms with Crippen molar-refractivity contribution in [2.75, 3.05) is 0 Å². The smallest absolute Gasteiger partial charge is 0.0151 e. The van der Waals surface area contributed by atoms with Crippen molar-refractivity contribution in [3.63, 3.8) is 0 Å². The third kappa shape index (κ3) is 2.62. The predicted octanol–water partition coefficient (Wildman–Crippen LogP) is 3.91. The van der Waals surface area contributed by atoms with Crippen LogP contribution in [0.1, 0.15) is 39.0 Å². The Morgan fingerprint density at radius 2 is 2.45 bits per heavy atom. The largest absolute Gasteiger partial charge is 0.103 e. The molecule has 0 aromatic rings. The molecular formula is C10H17Br. The third-order valence-electron chi connectivity index (χ3n) is 2.73. The van der Waals surface area contributed by atoms with Crippen molar-refractivity contribution in [1.29, 1.82) is 0 Å². The van der Waals surface area contributed by atoms with E-state index in [0.717, 1.165) is 4.83 Å². The number of halogens is 1. The summed E-state index contributed by atoms with van der Waals surface area (Å²) < 4.78 is 0. The fraction of sp³-hybridized carbons (Fsp3) is 0.800. The fourth-order valence-corrected chi connectivity index (χ4v) is 2.93. The van der Waals surface area contributed by atoms with E-state index in [9.17, 15) is 0 Å². The van der Waals surface area contributed by atoms with Crippen LogP contribution in [0.5, 0.6) is 0 Å². The van der Waals surface area contributed by atoms with Gasteiger partial charge in [0.1, 0.15) is 0 Å². The zero-order valence-corrected chi connectivity index (χ0v) is 8.86. The zero-order valence-electron chi connectivity index (χ0n) is 7.28. The second-order valence-corrected chi connectivity index (χ2v) is 5.27. The summed E-state index contributed by atoms with van der Waals surface area (Å²) in [6.07, 6.45) is 8.62. The Bertz CT molecular complexity index is 142. The molecule has 1 aliphatic rings. The summed E-state index contributed by atoms with van der Waals surface area (Å²) in [5.41, 5.74) is 0.600. The Labute approximate surface area is 78.2 Å². The van der Waals surface area contributed by atoms with Gasteiger partial charge in [-0.3, -0.25) is 0 Å². The van der Waals surface area contributed by atoms with E-state index < -0.39 is 0 Å². The van der Waals surface area contributed by atoms with Crippen molar-refractivity contribution in [3.05, 3.63) is 12.7 Å². The first-order valence-electron chi connectivity index (χ1n) is 4.41. The molecule has 0 aliphatic heterocycles. The maximum atomic E-state index is 3.76. The molecule has 2 unspecified atom stereocenters. The summed E-state index contributed by atoms with van der Waals surface area (Å²) in [5.74, 6) is 0. The number of hydrogen-bond donors (Lipinski definition) is 0. The molecule has 64 valence electrons. The molecule has 0 amide bonds. The van der Waals surface area contributed by atoms with Gasteiger partial charge in [0.05, 0.1) is 0 Å². The van der Waals surface area contributed by atoms with Gasteiger partial charge < -0.3 is 0 Å². The van der Waals surface area contributed by atoms with Gasteiger partial charge in [0, 0.05) is 4.83 Å². The average Bonchev–Trinajstić information content (AvgIpc) is 2.28. The highest BCUT2D eigenvalue weighted by Crippen LogP contribution is 2.44. The van der Waals surface area contributed by atoms with Gasteiger partial charge in [0.2, 0.25) is 0 Å². The molecule has 0 aromatic carbocycles. The van der Waals surface area contributed by atoms with E-state index in [1.807, 2.05) is 6.08 Å². The molecule has 0 heterocycles. The Hall–Kier alpha value is 0.220. The predicted molar refractivity (Wildman–Crippen MR) is 54.1 cm³/mol. The maximum Gasteiger partial charge on any atom is 0.0151 e. The topological polar surface area (TPSA) is 0 Å². The summed E-state index contributed by atoms with van der Waals surface area (Å²) in [4.78, 5) is 0.775. The van der Waals surface area contributed by atoms with Gasteiger partial charge in [-0.15, -0.1) is 6.58 Å². The molecule has 1 rings (SSSR count). The molecule has 0 spiro atoms. The van der Waals surface area contributed by atoms with Crippen LogP contribution in [0.2, 0.25) is 0 Å². The lowest BCUT2D eigenvalue weighted by Gasteiger charge is -2.22. The number of allylic oxidation sites excluding steroid dienone is 1. The van der Waals surface area contributed by atoms with Crippen molar-refractivity contribution < 1.29 is 0 Å². The van der Waals surface area contributed by atoms with Gasteiger partial charge in [-0.1, -0.05) is 28.9 Å². The molecule has 1 fully saturated rings. The van der Waals surface area contributed by atoms with Crippen molar-refractivity contribution in [3.8, 4) is 0 Å². The van der Waals surface area contributed by atoms with Crippen LogP contribution in [0.15, 0.2) is 12.7 Å². The minimum Gasteiger partial charge on any atom is -0.103 e. The third-order valence-corrected chi connectivity index (χ3v) is 3.51. The van der Waals surface area contributed by atoms with E-state index in [4.69, 9.17) is 0 Å². The highest BCUT2D eigenvalue weighted by molar-refractivity contribution is 9.09. The van der Waals surface area contributed by atoms with Gasteiger partial charge in [-0.25, -0.2) is 0 Å². The highest BCUT2D eigenvalue weighted by atomic mass is 79.9. The lowest BCUT2D eigenvalue weighted by molar-refractivity contribution is 0.312. The van der Waals surface area contributed by atoms with Crippen LogP contribution in [-0.2, 0) is 0 Å². The number of rotatable bonds is 3. The van der Waals surface area contributed by atoms with E-state index in [0.29, 0.717) is 5.41 Å². The standard InChI is InChI=1S/C10H17Br/c1-3-4-6-10(2)7-5-9(11)8-10/h3,9H,1,4-8H2,2H3. The minimum atomic E-state index is 0.600. The molecule has 0 N–H and O–H groups in total. The van der Waals surface area contributed by atoms with Gasteiger partial charge in [0.15, 0.2) is 0 Å². The normalized spacial score (nSPS) is 37.5. The Morgan fingerprint density at radius 3 is 2.91 bits per heavy atom. The minimum absolute atomic E-state index is 0.600. The molecule has 1 saturated carbocycles. The van der Waals surface area contributed by atoms with Crippen LogP contribution in [-0.4, -0.2) is 4.83 Å². The first-order valence-corrected chi connectivity index (χ1v) is 5.33. The maximum absolute atomic E-state index is 3.76.